The van der Waals surface area contributed by atoms with Crippen molar-refractivity contribution in [3.05, 3.63) is 64.1 Å². The summed E-state index contributed by atoms with van der Waals surface area (Å²) in [5.74, 6) is 0.701. The summed E-state index contributed by atoms with van der Waals surface area (Å²) < 4.78 is 6.75. The SMILES string of the molecule is Cc1ccc(OCCCC(=O)N(Cc2ccc(Br)cc2)C(C)C(=O)NC2CCCC2)cc1. The highest BCUT2D eigenvalue weighted by atomic mass is 79.9. The van der Waals surface area contributed by atoms with E-state index in [-0.39, 0.29) is 17.9 Å². The fourth-order valence-electron chi connectivity index (χ4n) is 3.95. The molecule has 1 unspecified atom stereocenters. The zero-order valence-corrected chi connectivity index (χ0v) is 20.6. The van der Waals surface area contributed by atoms with Gasteiger partial charge in [0.1, 0.15) is 11.8 Å². The lowest BCUT2D eigenvalue weighted by molar-refractivity contribution is -0.141. The molecule has 1 aliphatic carbocycles. The Morgan fingerprint density at radius 2 is 1.75 bits per heavy atom. The monoisotopic (exact) mass is 500 g/mol. The molecule has 0 aromatic heterocycles. The van der Waals surface area contributed by atoms with Crippen molar-refractivity contribution in [1.29, 1.82) is 0 Å². The predicted octanol–water partition coefficient (Wildman–Crippen LogP) is 5.39. The lowest BCUT2D eigenvalue weighted by Crippen LogP contribution is -2.49. The zero-order chi connectivity index (χ0) is 22.9. The Morgan fingerprint density at radius 3 is 2.41 bits per heavy atom. The molecule has 32 heavy (non-hydrogen) atoms. The van der Waals surface area contributed by atoms with E-state index in [1.807, 2.05) is 62.4 Å². The maximum atomic E-state index is 13.1. The standard InChI is InChI=1S/C26H33BrN2O3/c1-19-9-15-24(16-10-19)32-17-5-8-25(30)29(18-21-11-13-22(27)14-12-21)20(2)26(31)28-23-6-3-4-7-23/h9-16,20,23H,3-8,17-18H2,1-2H3,(H,28,31). The fourth-order valence-corrected chi connectivity index (χ4v) is 4.22. The maximum absolute atomic E-state index is 13.1. The number of halogens is 1. The third-order valence-electron chi connectivity index (χ3n) is 5.96. The van der Waals surface area contributed by atoms with E-state index >= 15 is 0 Å². The summed E-state index contributed by atoms with van der Waals surface area (Å²) >= 11 is 3.45. The van der Waals surface area contributed by atoms with E-state index < -0.39 is 6.04 Å². The fraction of sp³-hybridized carbons (Fsp3) is 0.462. The highest BCUT2D eigenvalue weighted by molar-refractivity contribution is 9.10. The summed E-state index contributed by atoms with van der Waals surface area (Å²) in [7, 11) is 0. The summed E-state index contributed by atoms with van der Waals surface area (Å²) in [4.78, 5) is 27.7. The summed E-state index contributed by atoms with van der Waals surface area (Å²) in [6.45, 7) is 4.73. The molecule has 0 heterocycles. The van der Waals surface area contributed by atoms with Crippen LogP contribution in [-0.2, 0) is 16.1 Å². The second-order valence-corrected chi connectivity index (χ2v) is 9.49. The lowest BCUT2D eigenvalue weighted by atomic mass is 10.1. The Bertz CT molecular complexity index is 877. The number of hydrogen-bond donors (Lipinski definition) is 1. The van der Waals surface area contributed by atoms with E-state index in [1.165, 1.54) is 5.56 Å². The van der Waals surface area contributed by atoms with Crippen LogP contribution in [0.4, 0.5) is 0 Å². The second-order valence-electron chi connectivity index (χ2n) is 8.58. The van der Waals surface area contributed by atoms with Crippen LogP contribution in [0.15, 0.2) is 53.0 Å². The number of nitrogens with one attached hydrogen (secondary N) is 1. The molecule has 6 heteroatoms. The van der Waals surface area contributed by atoms with Crippen molar-refractivity contribution in [2.75, 3.05) is 6.61 Å². The number of aryl methyl sites for hydroxylation is 1. The van der Waals surface area contributed by atoms with E-state index in [4.69, 9.17) is 4.74 Å². The van der Waals surface area contributed by atoms with Crippen LogP contribution < -0.4 is 10.1 Å². The number of hydrogen-bond acceptors (Lipinski definition) is 3. The Balaban J connectivity index is 1.59. The largest absolute Gasteiger partial charge is 0.494 e. The van der Waals surface area contributed by atoms with Gasteiger partial charge in [0.25, 0.3) is 0 Å². The van der Waals surface area contributed by atoms with Crippen LogP contribution in [0.5, 0.6) is 5.75 Å². The van der Waals surface area contributed by atoms with Crippen molar-refractivity contribution in [3.63, 3.8) is 0 Å². The molecule has 1 saturated carbocycles. The summed E-state index contributed by atoms with van der Waals surface area (Å²) in [5, 5.41) is 3.14. The molecule has 1 N–H and O–H groups in total. The van der Waals surface area contributed by atoms with Crippen molar-refractivity contribution < 1.29 is 14.3 Å². The molecule has 0 saturated heterocycles. The molecule has 172 valence electrons. The molecule has 2 aromatic rings. The summed E-state index contributed by atoms with van der Waals surface area (Å²) in [6, 6.07) is 15.5. The summed E-state index contributed by atoms with van der Waals surface area (Å²) in [5.41, 5.74) is 2.18. The smallest absolute Gasteiger partial charge is 0.242 e. The number of nitrogens with zero attached hydrogens (tertiary/aromatic N) is 1. The number of carbonyl (C=O) groups excluding carboxylic acids is 2. The summed E-state index contributed by atoms with van der Waals surface area (Å²) in [6.07, 6.45) is 5.29. The van der Waals surface area contributed by atoms with Gasteiger partial charge in [-0.25, -0.2) is 0 Å². The third kappa shape index (κ3) is 7.37. The highest BCUT2D eigenvalue weighted by Gasteiger charge is 2.28. The lowest BCUT2D eigenvalue weighted by Gasteiger charge is -2.30. The van der Waals surface area contributed by atoms with Crippen molar-refractivity contribution in [2.24, 2.45) is 0 Å². The number of amides is 2. The number of ether oxygens (including phenoxy) is 1. The molecule has 1 fully saturated rings. The van der Waals surface area contributed by atoms with Crippen LogP contribution in [0.25, 0.3) is 0 Å². The molecule has 3 rings (SSSR count). The van der Waals surface area contributed by atoms with E-state index in [0.717, 1.165) is 41.5 Å². The van der Waals surface area contributed by atoms with Crippen LogP contribution in [0.2, 0.25) is 0 Å². The van der Waals surface area contributed by atoms with Gasteiger partial charge < -0.3 is 15.0 Å². The van der Waals surface area contributed by atoms with Gasteiger partial charge in [-0.15, -0.1) is 0 Å². The average Bonchev–Trinajstić information content (AvgIpc) is 3.30. The van der Waals surface area contributed by atoms with Crippen LogP contribution in [0.3, 0.4) is 0 Å². The third-order valence-corrected chi connectivity index (χ3v) is 6.49. The zero-order valence-electron chi connectivity index (χ0n) is 19.0. The highest BCUT2D eigenvalue weighted by Crippen LogP contribution is 2.19. The molecular formula is C26H33BrN2O3. The first kappa shape index (κ1) is 24.3. The first-order valence-corrected chi connectivity index (χ1v) is 12.3. The molecule has 1 atom stereocenters. The van der Waals surface area contributed by atoms with Crippen molar-refractivity contribution in [1.82, 2.24) is 10.2 Å². The predicted molar refractivity (Wildman–Crippen MR) is 130 cm³/mol. The maximum Gasteiger partial charge on any atom is 0.242 e. The van der Waals surface area contributed by atoms with Gasteiger partial charge in [0.05, 0.1) is 6.61 Å². The minimum atomic E-state index is -0.523. The molecule has 1 aliphatic rings. The van der Waals surface area contributed by atoms with Crippen molar-refractivity contribution in [3.8, 4) is 5.75 Å². The minimum Gasteiger partial charge on any atom is -0.494 e. The van der Waals surface area contributed by atoms with Crippen molar-refractivity contribution in [2.45, 2.75) is 71.0 Å². The second kappa shape index (κ2) is 12.0. The molecule has 0 radical (unpaired) electrons. The van der Waals surface area contributed by atoms with Crippen molar-refractivity contribution >= 4 is 27.7 Å². The molecule has 5 nitrogen and oxygen atoms in total. The van der Waals surface area contributed by atoms with Gasteiger partial charge >= 0.3 is 0 Å². The number of benzene rings is 2. The Labute approximate surface area is 199 Å². The van der Waals surface area contributed by atoms with E-state index in [0.29, 0.717) is 26.0 Å². The van der Waals surface area contributed by atoms with E-state index in [9.17, 15) is 9.59 Å². The number of rotatable bonds is 10. The van der Waals surface area contributed by atoms with E-state index in [1.54, 1.807) is 4.90 Å². The molecule has 0 aliphatic heterocycles. The van der Waals surface area contributed by atoms with Gasteiger partial charge in [-0.05, 0) is 62.9 Å². The first-order valence-electron chi connectivity index (χ1n) is 11.5. The quantitative estimate of drug-likeness (QED) is 0.444. The Hall–Kier alpha value is -2.34. The van der Waals surface area contributed by atoms with Gasteiger partial charge in [0, 0.05) is 23.5 Å². The molecule has 0 spiro atoms. The topological polar surface area (TPSA) is 58.6 Å². The Kier molecular flexibility index (Phi) is 9.15. The molecule has 2 amide bonds. The molecule has 2 aromatic carbocycles. The van der Waals surface area contributed by atoms with Crippen LogP contribution >= 0.6 is 15.9 Å². The minimum absolute atomic E-state index is 0.0329. The van der Waals surface area contributed by atoms with Gasteiger partial charge in [0.2, 0.25) is 11.8 Å². The molecular weight excluding hydrogens is 468 g/mol. The van der Waals surface area contributed by atoms with Gasteiger partial charge in [0.15, 0.2) is 0 Å². The molecule has 0 bridgehead atoms. The normalized spacial score (nSPS) is 14.7. The first-order chi connectivity index (χ1) is 15.4. The van der Waals surface area contributed by atoms with Gasteiger partial charge in [-0.2, -0.15) is 0 Å². The number of carbonyl (C=O) groups is 2. The van der Waals surface area contributed by atoms with Crippen LogP contribution in [0.1, 0.15) is 56.6 Å². The van der Waals surface area contributed by atoms with Gasteiger partial charge in [-0.3, -0.25) is 9.59 Å². The Morgan fingerprint density at radius 1 is 1.09 bits per heavy atom. The van der Waals surface area contributed by atoms with Crippen LogP contribution in [0, 0.1) is 6.92 Å². The van der Waals surface area contributed by atoms with Gasteiger partial charge in [-0.1, -0.05) is 58.6 Å². The average molecular weight is 501 g/mol. The van der Waals surface area contributed by atoms with Crippen LogP contribution in [-0.4, -0.2) is 35.4 Å². The van der Waals surface area contributed by atoms with E-state index in [2.05, 4.69) is 21.2 Å².